The average Bonchev–Trinajstić information content (AvgIpc) is 3.22. The number of hydrogen-bond acceptors (Lipinski definition) is 3. The Morgan fingerprint density at radius 2 is 1.44 bits per heavy atom. The van der Waals surface area contributed by atoms with Crippen LogP contribution >= 0.6 is 0 Å². The molecular formula is C28H40N2O2. The number of fused-ring (bicyclic) bond motifs is 1. The second-order valence-corrected chi connectivity index (χ2v) is 8.79. The lowest BCUT2D eigenvalue weighted by molar-refractivity contribution is 0.297. The molecule has 0 fully saturated rings. The van der Waals surface area contributed by atoms with E-state index in [9.17, 15) is 0 Å². The molecule has 4 nitrogen and oxygen atoms in total. The van der Waals surface area contributed by atoms with Crippen molar-refractivity contribution in [1.82, 2.24) is 9.97 Å². The molecule has 1 N–H and O–H groups in total. The van der Waals surface area contributed by atoms with E-state index in [-0.39, 0.29) is 0 Å². The number of hydrogen-bond donors (Lipinski definition) is 1. The van der Waals surface area contributed by atoms with Gasteiger partial charge in [0.05, 0.1) is 29.8 Å². The number of aromatic nitrogens is 2. The van der Waals surface area contributed by atoms with Crippen LogP contribution in [0.4, 0.5) is 0 Å². The summed E-state index contributed by atoms with van der Waals surface area (Å²) in [6, 6.07) is 12.4. The number of imidazole rings is 1. The van der Waals surface area contributed by atoms with E-state index in [2.05, 4.69) is 50.0 Å². The third-order valence-electron chi connectivity index (χ3n) is 5.87. The molecule has 1 aromatic heterocycles. The Kier molecular flexibility index (Phi) is 9.93. The van der Waals surface area contributed by atoms with Gasteiger partial charge in [-0.2, -0.15) is 0 Å². The third kappa shape index (κ3) is 7.29. The van der Waals surface area contributed by atoms with Crippen molar-refractivity contribution in [1.29, 1.82) is 0 Å². The molecular weight excluding hydrogens is 396 g/mol. The Morgan fingerprint density at radius 1 is 0.750 bits per heavy atom. The van der Waals surface area contributed by atoms with Gasteiger partial charge in [0.25, 0.3) is 0 Å². The number of aromatic amines is 1. The van der Waals surface area contributed by atoms with E-state index in [1.54, 1.807) is 0 Å². The molecule has 0 aliphatic heterocycles. The van der Waals surface area contributed by atoms with E-state index in [0.717, 1.165) is 60.0 Å². The molecule has 174 valence electrons. The van der Waals surface area contributed by atoms with Gasteiger partial charge in [0.2, 0.25) is 0 Å². The van der Waals surface area contributed by atoms with Crippen LogP contribution in [0.5, 0.6) is 11.5 Å². The lowest BCUT2D eigenvalue weighted by Gasteiger charge is -2.13. The van der Waals surface area contributed by atoms with Gasteiger partial charge in [-0.25, -0.2) is 4.98 Å². The first-order valence-corrected chi connectivity index (χ1v) is 12.6. The summed E-state index contributed by atoms with van der Waals surface area (Å²) in [7, 11) is 0. The fourth-order valence-corrected chi connectivity index (χ4v) is 3.94. The molecule has 0 atom stereocenters. The van der Waals surface area contributed by atoms with Gasteiger partial charge in [0.15, 0.2) is 0 Å². The summed E-state index contributed by atoms with van der Waals surface area (Å²) in [4.78, 5) is 8.32. The SMILES string of the molecule is CCCCCCCOc1ccc(OCCCCCCC)c(-c2nc3ccc(C)cc3[nH]2)c1. The Morgan fingerprint density at radius 3 is 2.16 bits per heavy atom. The highest BCUT2D eigenvalue weighted by Crippen LogP contribution is 2.33. The number of nitrogens with one attached hydrogen (secondary N) is 1. The van der Waals surface area contributed by atoms with Crippen molar-refractivity contribution in [2.75, 3.05) is 13.2 Å². The summed E-state index contributed by atoms with van der Waals surface area (Å²) in [6.45, 7) is 8.06. The smallest absolute Gasteiger partial charge is 0.142 e. The second-order valence-electron chi connectivity index (χ2n) is 8.79. The third-order valence-corrected chi connectivity index (χ3v) is 5.87. The lowest BCUT2D eigenvalue weighted by atomic mass is 10.1. The maximum absolute atomic E-state index is 6.20. The molecule has 0 bridgehead atoms. The van der Waals surface area contributed by atoms with Crippen molar-refractivity contribution in [3.8, 4) is 22.9 Å². The van der Waals surface area contributed by atoms with E-state index < -0.39 is 0 Å². The standard InChI is InChI=1S/C28H40N2O2/c1-4-6-8-10-12-18-31-23-15-17-27(32-19-13-11-9-7-5-2)24(21-23)28-29-25-16-14-22(3)20-26(25)30-28/h14-17,20-21H,4-13,18-19H2,1-3H3,(H,29,30). The fraction of sp³-hybridized carbons (Fsp3) is 0.536. The number of H-pyrrole nitrogens is 1. The highest BCUT2D eigenvalue weighted by molar-refractivity contribution is 5.81. The molecule has 0 saturated carbocycles. The monoisotopic (exact) mass is 436 g/mol. The van der Waals surface area contributed by atoms with Crippen LogP contribution in [0.25, 0.3) is 22.4 Å². The van der Waals surface area contributed by atoms with Gasteiger partial charge in [-0.3, -0.25) is 0 Å². The number of ether oxygens (including phenoxy) is 2. The van der Waals surface area contributed by atoms with Crippen molar-refractivity contribution in [3.63, 3.8) is 0 Å². The van der Waals surface area contributed by atoms with Crippen LogP contribution in [0.3, 0.4) is 0 Å². The van der Waals surface area contributed by atoms with Crippen LogP contribution in [-0.2, 0) is 0 Å². The molecule has 0 radical (unpaired) electrons. The van der Waals surface area contributed by atoms with Gasteiger partial charge < -0.3 is 14.5 Å². The van der Waals surface area contributed by atoms with Crippen LogP contribution in [-0.4, -0.2) is 23.2 Å². The number of unbranched alkanes of at least 4 members (excludes halogenated alkanes) is 8. The first kappa shape index (κ1) is 24.2. The highest BCUT2D eigenvalue weighted by Gasteiger charge is 2.13. The lowest BCUT2D eigenvalue weighted by Crippen LogP contribution is -2.01. The molecule has 0 amide bonds. The van der Waals surface area contributed by atoms with Crippen molar-refractivity contribution in [2.45, 2.75) is 85.0 Å². The van der Waals surface area contributed by atoms with Crippen molar-refractivity contribution >= 4 is 11.0 Å². The van der Waals surface area contributed by atoms with Gasteiger partial charge in [0.1, 0.15) is 17.3 Å². The van der Waals surface area contributed by atoms with Crippen LogP contribution in [0.1, 0.15) is 83.6 Å². The number of nitrogens with zero attached hydrogens (tertiary/aromatic N) is 1. The minimum atomic E-state index is 0.730. The van der Waals surface area contributed by atoms with Crippen LogP contribution in [0.2, 0.25) is 0 Å². The topological polar surface area (TPSA) is 47.1 Å². The molecule has 0 aliphatic carbocycles. The Labute approximate surface area is 193 Å². The molecule has 0 spiro atoms. The van der Waals surface area contributed by atoms with Crippen LogP contribution in [0, 0.1) is 6.92 Å². The molecule has 3 aromatic rings. The highest BCUT2D eigenvalue weighted by atomic mass is 16.5. The quantitative estimate of drug-likeness (QED) is 0.244. The summed E-state index contributed by atoms with van der Waals surface area (Å²) in [5.74, 6) is 2.58. The first-order valence-electron chi connectivity index (χ1n) is 12.6. The zero-order valence-corrected chi connectivity index (χ0v) is 20.2. The molecule has 32 heavy (non-hydrogen) atoms. The minimum absolute atomic E-state index is 0.730. The zero-order chi connectivity index (χ0) is 22.6. The predicted molar refractivity (Wildman–Crippen MR) is 135 cm³/mol. The van der Waals surface area contributed by atoms with Crippen LogP contribution < -0.4 is 9.47 Å². The van der Waals surface area contributed by atoms with Crippen molar-refractivity contribution in [3.05, 3.63) is 42.0 Å². The van der Waals surface area contributed by atoms with Crippen LogP contribution in [0.15, 0.2) is 36.4 Å². The first-order chi connectivity index (χ1) is 15.7. The van der Waals surface area contributed by atoms with Gasteiger partial charge >= 0.3 is 0 Å². The Balaban J connectivity index is 1.71. The van der Waals surface area contributed by atoms with Gasteiger partial charge in [-0.1, -0.05) is 71.3 Å². The van der Waals surface area contributed by atoms with E-state index >= 15 is 0 Å². The van der Waals surface area contributed by atoms with Crippen molar-refractivity contribution in [2.24, 2.45) is 0 Å². The van der Waals surface area contributed by atoms with Gasteiger partial charge in [-0.15, -0.1) is 0 Å². The summed E-state index contributed by atoms with van der Waals surface area (Å²) >= 11 is 0. The maximum Gasteiger partial charge on any atom is 0.142 e. The summed E-state index contributed by atoms with van der Waals surface area (Å²) < 4.78 is 12.3. The van der Waals surface area contributed by atoms with E-state index in [4.69, 9.17) is 14.5 Å². The fourth-order valence-electron chi connectivity index (χ4n) is 3.94. The van der Waals surface area contributed by atoms with E-state index in [0.29, 0.717) is 0 Å². The van der Waals surface area contributed by atoms with Gasteiger partial charge in [0, 0.05) is 0 Å². The normalized spacial score (nSPS) is 11.2. The van der Waals surface area contributed by atoms with E-state index in [1.165, 1.54) is 56.9 Å². The minimum Gasteiger partial charge on any atom is -0.494 e. The molecule has 1 heterocycles. The van der Waals surface area contributed by atoms with Gasteiger partial charge in [-0.05, 0) is 55.7 Å². The number of aryl methyl sites for hydroxylation is 1. The Bertz CT molecular complexity index is 948. The molecule has 0 unspecified atom stereocenters. The second kappa shape index (κ2) is 13.1. The summed E-state index contributed by atoms with van der Waals surface area (Å²) in [6.07, 6.45) is 12.3. The average molecular weight is 437 g/mol. The molecule has 4 heteroatoms. The van der Waals surface area contributed by atoms with E-state index in [1.807, 2.05) is 12.1 Å². The number of benzene rings is 2. The summed E-state index contributed by atoms with van der Waals surface area (Å²) in [5.41, 5.74) is 4.21. The predicted octanol–water partition coefficient (Wildman–Crippen LogP) is 8.24. The zero-order valence-electron chi connectivity index (χ0n) is 20.2. The molecule has 0 aliphatic rings. The summed E-state index contributed by atoms with van der Waals surface area (Å²) in [5, 5.41) is 0. The Hall–Kier alpha value is -2.49. The molecule has 2 aromatic carbocycles. The van der Waals surface area contributed by atoms with Crippen molar-refractivity contribution < 1.29 is 9.47 Å². The molecule has 0 saturated heterocycles. The molecule has 3 rings (SSSR count). The number of rotatable bonds is 15. The maximum atomic E-state index is 6.20. The largest absolute Gasteiger partial charge is 0.494 e.